The Bertz CT molecular complexity index is 929. The van der Waals surface area contributed by atoms with Gasteiger partial charge in [0.25, 0.3) is 5.91 Å². The zero-order valence-electron chi connectivity index (χ0n) is 18.0. The SMILES string of the molecule is CC(NC(=O)c1cccc(CN2CCOCC2)c1)C(c1ccccc1)c1ccccc1. The van der Waals surface area contributed by atoms with Gasteiger partial charge in [0.05, 0.1) is 13.2 Å². The highest BCUT2D eigenvalue weighted by atomic mass is 16.5. The number of nitrogens with one attached hydrogen (secondary N) is 1. The second-order valence-electron chi connectivity index (χ2n) is 8.15. The molecule has 31 heavy (non-hydrogen) atoms. The molecular weight excluding hydrogens is 384 g/mol. The number of amides is 1. The molecule has 0 aliphatic carbocycles. The Morgan fingerprint density at radius 1 is 0.903 bits per heavy atom. The van der Waals surface area contributed by atoms with E-state index in [-0.39, 0.29) is 17.9 Å². The van der Waals surface area contributed by atoms with Gasteiger partial charge in [-0.15, -0.1) is 0 Å². The van der Waals surface area contributed by atoms with Crippen LogP contribution in [-0.4, -0.2) is 43.2 Å². The molecule has 1 fully saturated rings. The molecule has 3 aromatic carbocycles. The Morgan fingerprint density at radius 3 is 2.13 bits per heavy atom. The quantitative estimate of drug-likeness (QED) is 0.620. The van der Waals surface area contributed by atoms with E-state index < -0.39 is 0 Å². The molecule has 4 heteroatoms. The van der Waals surface area contributed by atoms with Gasteiger partial charge in [-0.05, 0) is 35.7 Å². The first-order valence-corrected chi connectivity index (χ1v) is 11.0. The van der Waals surface area contributed by atoms with Gasteiger partial charge in [-0.3, -0.25) is 9.69 Å². The fourth-order valence-electron chi connectivity index (χ4n) is 4.29. The van der Waals surface area contributed by atoms with Crippen molar-refractivity contribution < 1.29 is 9.53 Å². The molecule has 1 aliphatic heterocycles. The molecule has 1 saturated heterocycles. The van der Waals surface area contributed by atoms with Crippen molar-refractivity contribution in [2.24, 2.45) is 0 Å². The van der Waals surface area contributed by atoms with Crippen LogP contribution in [0.15, 0.2) is 84.9 Å². The lowest BCUT2D eigenvalue weighted by atomic mass is 9.85. The van der Waals surface area contributed by atoms with E-state index in [2.05, 4.69) is 71.7 Å². The maximum Gasteiger partial charge on any atom is 0.251 e. The minimum Gasteiger partial charge on any atom is -0.379 e. The molecule has 4 rings (SSSR count). The van der Waals surface area contributed by atoms with E-state index in [9.17, 15) is 4.79 Å². The third kappa shape index (κ3) is 5.60. The molecule has 1 unspecified atom stereocenters. The topological polar surface area (TPSA) is 41.6 Å². The van der Waals surface area contributed by atoms with E-state index in [1.165, 1.54) is 11.1 Å². The fraction of sp³-hybridized carbons (Fsp3) is 0.296. The Morgan fingerprint density at radius 2 is 1.52 bits per heavy atom. The van der Waals surface area contributed by atoms with E-state index in [1.807, 2.05) is 30.3 Å². The van der Waals surface area contributed by atoms with Crippen molar-refractivity contribution in [3.63, 3.8) is 0 Å². The number of ether oxygens (including phenoxy) is 1. The summed E-state index contributed by atoms with van der Waals surface area (Å²) in [7, 11) is 0. The molecule has 160 valence electrons. The third-order valence-corrected chi connectivity index (χ3v) is 5.88. The van der Waals surface area contributed by atoms with Crippen LogP contribution >= 0.6 is 0 Å². The van der Waals surface area contributed by atoms with Crippen LogP contribution in [0.25, 0.3) is 0 Å². The van der Waals surface area contributed by atoms with Crippen molar-refractivity contribution in [1.29, 1.82) is 0 Å². The highest BCUT2D eigenvalue weighted by Crippen LogP contribution is 2.28. The molecule has 3 aromatic rings. The third-order valence-electron chi connectivity index (χ3n) is 5.88. The predicted octanol–water partition coefficient (Wildman–Crippen LogP) is 4.47. The van der Waals surface area contributed by atoms with Crippen LogP contribution in [0.5, 0.6) is 0 Å². The summed E-state index contributed by atoms with van der Waals surface area (Å²) in [6.45, 7) is 6.35. The molecule has 0 radical (unpaired) electrons. The first-order chi connectivity index (χ1) is 15.2. The molecule has 0 saturated carbocycles. The van der Waals surface area contributed by atoms with Crippen LogP contribution in [0.2, 0.25) is 0 Å². The minimum atomic E-state index is -0.0554. The first-order valence-electron chi connectivity index (χ1n) is 11.0. The van der Waals surface area contributed by atoms with Crippen LogP contribution in [0.1, 0.15) is 39.9 Å². The number of hydrogen-bond donors (Lipinski definition) is 1. The van der Waals surface area contributed by atoms with Crippen LogP contribution in [0, 0.1) is 0 Å². The van der Waals surface area contributed by atoms with E-state index in [1.54, 1.807) is 0 Å². The Hall–Kier alpha value is -2.95. The number of benzene rings is 3. The van der Waals surface area contributed by atoms with Crippen LogP contribution < -0.4 is 5.32 Å². The van der Waals surface area contributed by atoms with Crippen molar-refractivity contribution in [2.75, 3.05) is 26.3 Å². The van der Waals surface area contributed by atoms with Crippen molar-refractivity contribution in [3.05, 3.63) is 107 Å². The maximum atomic E-state index is 13.1. The Labute approximate surface area is 184 Å². The summed E-state index contributed by atoms with van der Waals surface area (Å²) in [5.41, 5.74) is 4.26. The molecule has 1 atom stereocenters. The largest absolute Gasteiger partial charge is 0.379 e. The molecule has 0 bridgehead atoms. The standard InChI is InChI=1S/C27H30N2O2/c1-21(26(23-10-4-2-5-11-23)24-12-6-3-7-13-24)28-27(30)25-14-8-9-22(19-25)20-29-15-17-31-18-16-29/h2-14,19,21,26H,15-18,20H2,1H3,(H,28,30). The van der Waals surface area contributed by atoms with Gasteiger partial charge in [-0.25, -0.2) is 0 Å². The zero-order chi connectivity index (χ0) is 21.5. The Kier molecular flexibility index (Phi) is 7.13. The van der Waals surface area contributed by atoms with Gasteiger partial charge < -0.3 is 10.1 Å². The van der Waals surface area contributed by atoms with Crippen LogP contribution in [0.3, 0.4) is 0 Å². The lowest BCUT2D eigenvalue weighted by Gasteiger charge is -2.27. The zero-order valence-corrected chi connectivity index (χ0v) is 18.0. The molecule has 1 amide bonds. The highest BCUT2D eigenvalue weighted by Gasteiger charge is 2.23. The molecule has 0 aromatic heterocycles. The van der Waals surface area contributed by atoms with Gasteiger partial charge in [0.1, 0.15) is 0 Å². The summed E-state index contributed by atoms with van der Waals surface area (Å²) >= 11 is 0. The lowest BCUT2D eigenvalue weighted by Crippen LogP contribution is -2.38. The van der Waals surface area contributed by atoms with Crippen molar-refractivity contribution in [3.8, 4) is 0 Å². The van der Waals surface area contributed by atoms with Crippen molar-refractivity contribution in [2.45, 2.75) is 25.4 Å². The molecular formula is C27H30N2O2. The van der Waals surface area contributed by atoms with Crippen molar-refractivity contribution >= 4 is 5.91 Å². The number of morpholine rings is 1. The average molecular weight is 415 g/mol. The summed E-state index contributed by atoms with van der Waals surface area (Å²) in [5.74, 6) is 0.0519. The lowest BCUT2D eigenvalue weighted by molar-refractivity contribution is 0.0342. The van der Waals surface area contributed by atoms with E-state index in [0.717, 1.165) is 38.4 Å². The van der Waals surface area contributed by atoms with E-state index in [4.69, 9.17) is 4.74 Å². The minimum absolute atomic E-state index is 0.0341. The van der Waals surface area contributed by atoms with Crippen LogP contribution in [0.4, 0.5) is 0 Å². The van der Waals surface area contributed by atoms with E-state index in [0.29, 0.717) is 5.56 Å². The van der Waals surface area contributed by atoms with E-state index >= 15 is 0 Å². The monoisotopic (exact) mass is 414 g/mol. The van der Waals surface area contributed by atoms with Gasteiger partial charge >= 0.3 is 0 Å². The van der Waals surface area contributed by atoms with Gasteiger partial charge in [0, 0.05) is 37.2 Å². The van der Waals surface area contributed by atoms with Gasteiger partial charge in [-0.2, -0.15) is 0 Å². The van der Waals surface area contributed by atoms with Gasteiger partial charge in [-0.1, -0.05) is 72.8 Å². The molecule has 1 aliphatic rings. The van der Waals surface area contributed by atoms with Crippen molar-refractivity contribution in [1.82, 2.24) is 10.2 Å². The summed E-state index contributed by atoms with van der Waals surface area (Å²) in [6.07, 6.45) is 0. The number of carbonyl (C=O) groups excluding carboxylic acids is 1. The second kappa shape index (κ2) is 10.4. The summed E-state index contributed by atoms with van der Waals surface area (Å²) in [4.78, 5) is 15.5. The summed E-state index contributed by atoms with van der Waals surface area (Å²) < 4.78 is 5.43. The first kappa shape index (κ1) is 21.3. The average Bonchev–Trinajstić information content (AvgIpc) is 2.81. The number of hydrogen-bond acceptors (Lipinski definition) is 3. The Balaban J connectivity index is 1.49. The van der Waals surface area contributed by atoms with Gasteiger partial charge in [0.15, 0.2) is 0 Å². The molecule has 1 N–H and O–H groups in total. The fourth-order valence-corrected chi connectivity index (χ4v) is 4.29. The van der Waals surface area contributed by atoms with Crippen LogP contribution in [-0.2, 0) is 11.3 Å². The number of rotatable bonds is 7. The summed E-state index contributed by atoms with van der Waals surface area (Å²) in [6, 6.07) is 28.7. The van der Waals surface area contributed by atoms with Gasteiger partial charge in [0.2, 0.25) is 0 Å². The molecule has 1 heterocycles. The number of carbonyl (C=O) groups is 1. The smallest absolute Gasteiger partial charge is 0.251 e. The second-order valence-corrected chi connectivity index (χ2v) is 8.15. The molecule has 0 spiro atoms. The molecule has 4 nitrogen and oxygen atoms in total. The highest BCUT2D eigenvalue weighted by molar-refractivity contribution is 5.94. The summed E-state index contributed by atoms with van der Waals surface area (Å²) in [5, 5.41) is 3.25. The predicted molar refractivity (Wildman–Crippen MR) is 124 cm³/mol. The number of nitrogens with zero attached hydrogens (tertiary/aromatic N) is 1. The maximum absolute atomic E-state index is 13.1. The normalized spacial score (nSPS) is 15.5.